The Morgan fingerprint density at radius 1 is 0.855 bits per heavy atom. The second-order valence-corrected chi connectivity index (χ2v) is 16.2. The molecule has 2 aromatic heterocycles. The summed E-state index contributed by atoms with van der Waals surface area (Å²) in [6, 6.07) is 11.0. The maximum atomic E-state index is 15.4. The molecule has 14 nitrogen and oxygen atoms in total. The molecule has 1 saturated carbocycles. The van der Waals surface area contributed by atoms with Crippen molar-refractivity contribution in [1.82, 2.24) is 23.5 Å². The molecule has 0 radical (unpaired) electrons. The normalized spacial score (nSPS) is 21.9. The number of halogens is 7. The Balaban J connectivity index is 1.19. The number of ether oxygens (including phenoxy) is 2. The highest BCUT2D eigenvalue weighted by Crippen LogP contribution is 2.65. The van der Waals surface area contributed by atoms with Crippen molar-refractivity contribution in [2.24, 2.45) is 7.05 Å². The average molecular weight is 900 g/mol. The van der Waals surface area contributed by atoms with E-state index in [1.165, 1.54) is 50.1 Å². The molecular weight excluding hydrogens is 870 g/mol. The highest BCUT2D eigenvalue weighted by atomic mass is 35.5. The van der Waals surface area contributed by atoms with Crippen LogP contribution in [0.5, 0.6) is 17.2 Å². The smallest absolute Gasteiger partial charge is 0.347 e. The number of hydrogen-bond donors (Lipinski definition) is 1. The van der Waals surface area contributed by atoms with Gasteiger partial charge >= 0.3 is 11.4 Å². The number of carbonyl (C=O) groups excluding carboxylic acids is 2. The molecule has 0 spiro atoms. The van der Waals surface area contributed by atoms with Crippen molar-refractivity contribution in [3.8, 4) is 17.2 Å². The minimum Gasteiger partial charge on any atom is -0.507 e. The molecule has 2 aliphatic heterocycles. The molecule has 9 rings (SSSR count). The van der Waals surface area contributed by atoms with E-state index in [-0.39, 0.29) is 46.6 Å². The summed E-state index contributed by atoms with van der Waals surface area (Å²) in [5.41, 5.74) is -3.71. The van der Waals surface area contributed by atoms with Gasteiger partial charge in [0.15, 0.2) is 44.5 Å². The summed E-state index contributed by atoms with van der Waals surface area (Å²) >= 11 is 14.4. The minimum absolute atomic E-state index is 0.0223. The second kappa shape index (κ2) is 14.0. The van der Waals surface area contributed by atoms with Gasteiger partial charge in [0.2, 0.25) is 5.82 Å². The summed E-state index contributed by atoms with van der Waals surface area (Å²) in [7, 11) is 4.35. The van der Waals surface area contributed by atoms with Crippen LogP contribution in [0.2, 0.25) is 0 Å². The standard InChI is InChI=1S/C41H29Cl2F5N6O8/c1-50-23-15-26(62-3)25(61-2)14-22(23)49-21(35(50)56)11-12-51-38(59)52-13-10-19-24(54(52)39(51)60)16-40(42)36(57)53(33-31(47)29(45)28(44)30(46)32(33)48)37(58)41(40,43)27(19)20-9-8-17-6-4-5-7-18(17)34(20)55/h4-10,14-15,24,27,55H,11-13,16H2,1-3H3. The molecule has 4 heterocycles. The first-order valence-electron chi connectivity index (χ1n) is 18.6. The molecular formula is C41H29Cl2F5N6O8. The maximum Gasteiger partial charge on any atom is 0.347 e. The number of methoxy groups -OCH3 is 2. The molecule has 2 amide bonds. The molecule has 1 saturated heterocycles. The lowest BCUT2D eigenvalue weighted by Crippen LogP contribution is -2.59. The monoisotopic (exact) mass is 898 g/mol. The average Bonchev–Trinajstić information content (AvgIpc) is 3.59. The fourth-order valence-electron chi connectivity index (χ4n) is 9.01. The van der Waals surface area contributed by atoms with Gasteiger partial charge in [0, 0.05) is 55.4 Å². The number of aromatic nitrogens is 5. The van der Waals surface area contributed by atoms with Gasteiger partial charge in [-0.05, 0) is 11.0 Å². The van der Waals surface area contributed by atoms with Crippen molar-refractivity contribution in [3.63, 3.8) is 0 Å². The third-order valence-corrected chi connectivity index (χ3v) is 13.4. The predicted octanol–water partition coefficient (Wildman–Crippen LogP) is 5.07. The number of nitrogens with zero attached hydrogens (tertiary/aromatic N) is 6. The molecule has 1 aliphatic carbocycles. The van der Waals surface area contributed by atoms with Crippen LogP contribution in [-0.2, 0) is 36.1 Å². The number of aromatic hydroxyl groups is 1. The number of phenols is 1. The number of fused-ring (bicyclic) bond motifs is 6. The topological polar surface area (TPSA) is 160 Å². The van der Waals surface area contributed by atoms with Crippen LogP contribution in [0.4, 0.5) is 27.6 Å². The van der Waals surface area contributed by atoms with Crippen molar-refractivity contribution < 1.29 is 46.1 Å². The molecule has 3 aliphatic rings. The maximum absolute atomic E-state index is 15.4. The first-order valence-corrected chi connectivity index (χ1v) is 19.4. The fraction of sp³-hybridized carbons (Fsp3) is 0.268. The van der Waals surface area contributed by atoms with E-state index >= 15 is 8.78 Å². The number of amides is 2. The first kappa shape index (κ1) is 40.9. The van der Waals surface area contributed by atoms with E-state index < -0.39 is 97.4 Å². The second-order valence-electron chi connectivity index (χ2n) is 15.0. The van der Waals surface area contributed by atoms with E-state index in [1.807, 2.05) is 0 Å². The van der Waals surface area contributed by atoms with E-state index in [2.05, 4.69) is 4.98 Å². The van der Waals surface area contributed by atoms with Gasteiger partial charge in [0.1, 0.15) is 17.1 Å². The number of hydrogen-bond acceptors (Lipinski definition) is 9. The number of imide groups is 1. The Hall–Kier alpha value is -6.47. The Bertz CT molecular complexity index is 3210. The number of benzene rings is 4. The molecule has 0 bridgehead atoms. The Kier molecular flexibility index (Phi) is 9.26. The first-order chi connectivity index (χ1) is 29.4. The van der Waals surface area contributed by atoms with Crippen LogP contribution in [0.15, 0.2) is 74.6 Å². The number of aryl methyl sites for hydroxylation is 2. The van der Waals surface area contributed by atoms with Gasteiger partial charge in [-0.2, -0.15) is 0 Å². The lowest BCUT2D eigenvalue weighted by atomic mass is 9.64. The van der Waals surface area contributed by atoms with E-state index in [0.29, 0.717) is 27.9 Å². The fourth-order valence-corrected chi connectivity index (χ4v) is 9.91. The Morgan fingerprint density at radius 3 is 2.18 bits per heavy atom. The van der Waals surface area contributed by atoms with Crippen LogP contribution in [-0.4, -0.2) is 64.4 Å². The van der Waals surface area contributed by atoms with Gasteiger partial charge in [-0.1, -0.05) is 42.5 Å². The SMILES string of the molecule is COc1cc2nc(CCn3c(=O)n4n(c3=O)C3CC5(Cl)C(=O)N(c6c(F)c(F)c(F)c(F)c6F)C(=O)C5(Cl)C(c5ccc6ccccc6c5O)C3=CC4)c(=O)n(C)c2cc1OC. The van der Waals surface area contributed by atoms with Crippen LogP contribution in [0.25, 0.3) is 21.8 Å². The van der Waals surface area contributed by atoms with Gasteiger partial charge in [0.25, 0.3) is 17.4 Å². The number of phenolic OH excluding ortho intramolecular Hbond substituents is 1. The third kappa shape index (κ3) is 5.26. The van der Waals surface area contributed by atoms with Crippen LogP contribution in [0.3, 0.4) is 0 Å². The molecule has 1 N–H and O–H groups in total. The van der Waals surface area contributed by atoms with Crippen molar-refractivity contribution in [2.75, 3.05) is 19.1 Å². The summed E-state index contributed by atoms with van der Waals surface area (Å²) in [5.74, 6) is -17.5. The molecule has 4 atom stereocenters. The largest absolute Gasteiger partial charge is 0.507 e. The van der Waals surface area contributed by atoms with Gasteiger partial charge in [-0.3, -0.25) is 14.4 Å². The Labute approximate surface area is 354 Å². The van der Waals surface area contributed by atoms with Gasteiger partial charge in [0.05, 0.1) is 37.8 Å². The molecule has 4 aromatic carbocycles. The van der Waals surface area contributed by atoms with Crippen LogP contribution < -0.4 is 31.3 Å². The quantitative estimate of drug-likeness (QED) is 0.0577. The molecule has 21 heteroatoms. The van der Waals surface area contributed by atoms with Crippen LogP contribution in [0, 0.1) is 29.1 Å². The van der Waals surface area contributed by atoms with Gasteiger partial charge < -0.3 is 19.1 Å². The number of allylic oxidation sites excluding steroid dienone is 2. The van der Waals surface area contributed by atoms with E-state index in [4.69, 9.17) is 32.7 Å². The lowest BCUT2D eigenvalue weighted by molar-refractivity contribution is -0.122. The van der Waals surface area contributed by atoms with Gasteiger partial charge in [-0.25, -0.2) is 55.4 Å². The molecule has 2 fully saturated rings. The zero-order valence-electron chi connectivity index (χ0n) is 32.3. The molecule has 4 unspecified atom stereocenters. The van der Waals surface area contributed by atoms with Gasteiger partial charge in [-0.15, -0.1) is 23.2 Å². The third-order valence-electron chi connectivity index (χ3n) is 12.0. The zero-order valence-corrected chi connectivity index (χ0v) is 33.8. The van der Waals surface area contributed by atoms with Crippen molar-refractivity contribution in [3.05, 3.63) is 132 Å². The van der Waals surface area contributed by atoms with Crippen molar-refractivity contribution in [1.29, 1.82) is 0 Å². The predicted molar refractivity (Wildman–Crippen MR) is 213 cm³/mol. The summed E-state index contributed by atoms with van der Waals surface area (Å²) in [6.45, 7) is -0.749. The van der Waals surface area contributed by atoms with E-state index in [0.717, 1.165) is 13.9 Å². The number of carbonyl (C=O) groups is 2. The lowest BCUT2D eigenvalue weighted by Gasteiger charge is -2.49. The minimum atomic E-state index is -2.86. The van der Waals surface area contributed by atoms with E-state index in [9.17, 15) is 42.3 Å². The number of anilines is 1. The molecule has 6 aromatic rings. The number of rotatable bonds is 7. The molecule has 320 valence electrons. The van der Waals surface area contributed by atoms with E-state index in [1.54, 1.807) is 30.3 Å². The van der Waals surface area contributed by atoms with Crippen molar-refractivity contribution >= 4 is 62.5 Å². The zero-order chi connectivity index (χ0) is 44.5. The summed E-state index contributed by atoms with van der Waals surface area (Å²) < 4.78 is 89.1. The summed E-state index contributed by atoms with van der Waals surface area (Å²) in [4.78, 5) is 69.6. The van der Waals surface area contributed by atoms with Crippen LogP contribution >= 0.6 is 23.2 Å². The highest BCUT2D eigenvalue weighted by molar-refractivity contribution is 6.58. The molecule has 62 heavy (non-hydrogen) atoms. The van der Waals surface area contributed by atoms with Crippen molar-refractivity contribution in [2.45, 2.75) is 47.6 Å². The Morgan fingerprint density at radius 2 is 1.50 bits per heavy atom. The number of alkyl halides is 2. The van der Waals surface area contributed by atoms with Crippen LogP contribution in [0.1, 0.15) is 29.6 Å². The highest BCUT2D eigenvalue weighted by Gasteiger charge is 2.76. The summed E-state index contributed by atoms with van der Waals surface area (Å²) in [5, 5.41) is 12.5. The summed E-state index contributed by atoms with van der Waals surface area (Å²) in [6.07, 6.45) is 0.340.